The number of ether oxygens (including phenoxy) is 2. The minimum atomic E-state index is -0.0214. The summed E-state index contributed by atoms with van der Waals surface area (Å²) in [6.07, 6.45) is 0.875. The number of amides is 1. The van der Waals surface area contributed by atoms with Gasteiger partial charge in [0.25, 0.3) is 0 Å². The molecule has 0 aliphatic carbocycles. The van der Waals surface area contributed by atoms with Crippen molar-refractivity contribution in [1.29, 1.82) is 0 Å². The van der Waals surface area contributed by atoms with E-state index in [9.17, 15) is 4.79 Å². The Hall–Kier alpha value is -1.85. The predicted octanol–water partition coefficient (Wildman–Crippen LogP) is 4.49. The molecule has 0 saturated carbocycles. The van der Waals surface area contributed by atoms with Crippen molar-refractivity contribution in [3.8, 4) is 11.5 Å². The van der Waals surface area contributed by atoms with Crippen LogP contribution in [0.25, 0.3) is 0 Å². The Labute approximate surface area is 151 Å². The summed E-state index contributed by atoms with van der Waals surface area (Å²) in [5, 5.41) is 3.55. The van der Waals surface area contributed by atoms with E-state index in [1.165, 1.54) is 0 Å². The lowest BCUT2D eigenvalue weighted by atomic mass is 10.3. The van der Waals surface area contributed by atoms with E-state index in [2.05, 4.69) is 5.32 Å². The van der Waals surface area contributed by atoms with Crippen molar-refractivity contribution in [2.45, 2.75) is 6.42 Å². The lowest BCUT2D eigenvalue weighted by Crippen LogP contribution is -2.14. The molecule has 0 unspecified atom stereocenters. The van der Waals surface area contributed by atoms with Gasteiger partial charge in [-0.2, -0.15) is 11.8 Å². The molecule has 0 aliphatic heterocycles. The molecule has 0 fully saturated rings. The number of thioether (sulfide) groups is 1. The molecule has 0 aromatic heterocycles. The molecule has 24 heavy (non-hydrogen) atoms. The Balaban J connectivity index is 1.58. The van der Waals surface area contributed by atoms with Crippen molar-refractivity contribution < 1.29 is 14.3 Å². The third-order valence-corrected chi connectivity index (χ3v) is 4.40. The van der Waals surface area contributed by atoms with E-state index in [1.54, 1.807) is 37.1 Å². The fraction of sp³-hybridized carbons (Fsp3) is 0.278. The maximum absolute atomic E-state index is 11.9. The SMILES string of the molecule is COc1cccc(NC(=O)CSCCCOc2ccc(Cl)cc2)c1. The van der Waals surface area contributed by atoms with Crippen molar-refractivity contribution in [2.75, 3.05) is 30.5 Å². The standard InChI is InChI=1S/C18H20ClNO3S/c1-22-17-5-2-4-15(12-17)20-18(21)13-24-11-3-10-23-16-8-6-14(19)7-9-16/h2,4-9,12H,3,10-11,13H2,1H3,(H,20,21). The molecule has 2 aromatic rings. The van der Waals surface area contributed by atoms with Crippen LogP contribution < -0.4 is 14.8 Å². The quantitative estimate of drug-likeness (QED) is 0.665. The summed E-state index contributed by atoms with van der Waals surface area (Å²) in [7, 11) is 1.60. The van der Waals surface area contributed by atoms with Gasteiger partial charge in [-0.1, -0.05) is 17.7 Å². The molecule has 0 bridgehead atoms. The van der Waals surface area contributed by atoms with Crippen LogP contribution >= 0.6 is 23.4 Å². The third-order valence-electron chi connectivity index (χ3n) is 3.10. The second-order valence-corrected chi connectivity index (χ2v) is 6.53. The topological polar surface area (TPSA) is 47.6 Å². The monoisotopic (exact) mass is 365 g/mol. The van der Waals surface area contributed by atoms with Crippen molar-refractivity contribution >= 4 is 35.0 Å². The number of carbonyl (C=O) groups is 1. The summed E-state index contributed by atoms with van der Waals surface area (Å²) in [6, 6.07) is 14.6. The smallest absolute Gasteiger partial charge is 0.234 e. The molecule has 0 aliphatic rings. The first-order valence-corrected chi connectivity index (χ1v) is 9.10. The van der Waals surface area contributed by atoms with Gasteiger partial charge in [-0.25, -0.2) is 0 Å². The molecular formula is C18H20ClNO3S. The van der Waals surface area contributed by atoms with Crippen molar-refractivity contribution in [1.82, 2.24) is 0 Å². The van der Waals surface area contributed by atoms with Gasteiger partial charge in [0.2, 0.25) is 5.91 Å². The lowest BCUT2D eigenvalue weighted by Gasteiger charge is -2.08. The highest BCUT2D eigenvalue weighted by atomic mass is 35.5. The van der Waals surface area contributed by atoms with Gasteiger partial charge < -0.3 is 14.8 Å². The van der Waals surface area contributed by atoms with Crippen molar-refractivity contribution in [3.05, 3.63) is 53.6 Å². The zero-order chi connectivity index (χ0) is 17.2. The number of hydrogen-bond donors (Lipinski definition) is 1. The zero-order valence-corrected chi connectivity index (χ0v) is 15.0. The van der Waals surface area contributed by atoms with Crippen LogP contribution in [0.2, 0.25) is 5.02 Å². The van der Waals surface area contributed by atoms with Crippen LogP contribution in [-0.4, -0.2) is 31.1 Å². The Morgan fingerprint density at radius 2 is 1.96 bits per heavy atom. The average Bonchev–Trinajstić information content (AvgIpc) is 2.59. The van der Waals surface area contributed by atoms with Crippen LogP contribution in [0.15, 0.2) is 48.5 Å². The van der Waals surface area contributed by atoms with E-state index >= 15 is 0 Å². The van der Waals surface area contributed by atoms with Gasteiger partial charge in [-0.05, 0) is 48.6 Å². The van der Waals surface area contributed by atoms with E-state index in [0.717, 1.165) is 29.4 Å². The number of halogens is 1. The molecule has 0 spiro atoms. The number of rotatable bonds is 9. The molecule has 4 nitrogen and oxygen atoms in total. The van der Waals surface area contributed by atoms with Crippen LogP contribution in [0.1, 0.15) is 6.42 Å². The molecule has 1 amide bonds. The van der Waals surface area contributed by atoms with Gasteiger partial charge in [0.05, 0.1) is 19.5 Å². The second-order valence-electron chi connectivity index (χ2n) is 4.99. The van der Waals surface area contributed by atoms with E-state index in [0.29, 0.717) is 17.4 Å². The Morgan fingerprint density at radius 3 is 2.71 bits per heavy atom. The lowest BCUT2D eigenvalue weighted by molar-refractivity contribution is -0.113. The molecule has 0 heterocycles. The number of carbonyl (C=O) groups excluding carboxylic acids is 1. The minimum Gasteiger partial charge on any atom is -0.497 e. The largest absolute Gasteiger partial charge is 0.497 e. The van der Waals surface area contributed by atoms with Gasteiger partial charge >= 0.3 is 0 Å². The highest BCUT2D eigenvalue weighted by Gasteiger charge is 2.03. The molecule has 2 rings (SSSR count). The molecule has 0 atom stereocenters. The normalized spacial score (nSPS) is 10.2. The van der Waals surface area contributed by atoms with Gasteiger partial charge in [-0.15, -0.1) is 0 Å². The fourth-order valence-corrected chi connectivity index (χ4v) is 2.79. The van der Waals surface area contributed by atoms with E-state index in [4.69, 9.17) is 21.1 Å². The van der Waals surface area contributed by atoms with E-state index in [1.807, 2.05) is 30.3 Å². The maximum Gasteiger partial charge on any atom is 0.234 e. The first-order valence-electron chi connectivity index (χ1n) is 7.57. The number of anilines is 1. The molecule has 0 radical (unpaired) electrons. The number of benzene rings is 2. The van der Waals surface area contributed by atoms with Crippen LogP contribution in [0.4, 0.5) is 5.69 Å². The average molecular weight is 366 g/mol. The zero-order valence-electron chi connectivity index (χ0n) is 13.5. The summed E-state index contributed by atoms with van der Waals surface area (Å²) in [5.74, 6) is 2.78. The summed E-state index contributed by atoms with van der Waals surface area (Å²) in [5.41, 5.74) is 0.742. The molecule has 2 aromatic carbocycles. The Morgan fingerprint density at radius 1 is 1.17 bits per heavy atom. The number of methoxy groups -OCH3 is 1. The maximum atomic E-state index is 11.9. The first kappa shape index (κ1) is 18.5. The molecule has 1 N–H and O–H groups in total. The fourth-order valence-electron chi connectivity index (χ4n) is 1.94. The van der Waals surface area contributed by atoms with Crippen LogP contribution in [0.3, 0.4) is 0 Å². The van der Waals surface area contributed by atoms with Crippen LogP contribution in [0.5, 0.6) is 11.5 Å². The molecular weight excluding hydrogens is 346 g/mol. The second kappa shape index (κ2) is 10.1. The van der Waals surface area contributed by atoms with Crippen LogP contribution in [-0.2, 0) is 4.79 Å². The van der Waals surface area contributed by atoms with E-state index in [-0.39, 0.29) is 5.91 Å². The Kier molecular flexibility index (Phi) is 7.79. The van der Waals surface area contributed by atoms with Crippen molar-refractivity contribution in [2.24, 2.45) is 0 Å². The van der Waals surface area contributed by atoms with Gasteiger partial charge in [0, 0.05) is 16.8 Å². The first-order chi connectivity index (χ1) is 11.7. The summed E-state index contributed by atoms with van der Waals surface area (Å²) >= 11 is 7.40. The van der Waals surface area contributed by atoms with Gasteiger partial charge in [0.15, 0.2) is 0 Å². The summed E-state index contributed by atoms with van der Waals surface area (Å²) in [6.45, 7) is 0.617. The minimum absolute atomic E-state index is 0.0214. The highest BCUT2D eigenvalue weighted by Crippen LogP contribution is 2.17. The molecule has 6 heteroatoms. The van der Waals surface area contributed by atoms with E-state index < -0.39 is 0 Å². The van der Waals surface area contributed by atoms with Crippen LogP contribution in [0, 0.1) is 0 Å². The number of nitrogens with one attached hydrogen (secondary N) is 1. The summed E-state index contributed by atoms with van der Waals surface area (Å²) < 4.78 is 10.7. The van der Waals surface area contributed by atoms with Gasteiger partial charge in [0.1, 0.15) is 11.5 Å². The highest BCUT2D eigenvalue weighted by molar-refractivity contribution is 7.99. The predicted molar refractivity (Wildman–Crippen MR) is 101 cm³/mol. The van der Waals surface area contributed by atoms with Gasteiger partial charge in [-0.3, -0.25) is 4.79 Å². The third kappa shape index (κ3) is 6.72. The molecule has 0 saturated heterocycles. The Bertz CT molecular complexity index is 649. The number of hydrogen-bond acceptors (Lipinski definition) is 4. The van der Waals surface area contributed by atoms with Crippen molar-refractivity contribution in [3.63, 3.8) is 0 Å². The summed E-state index contributed by atoms with van der Waals surface area (Å²) in [4.78, 5) is 11.9. The molecule has 128 valence electrons.